The molecule has 2 N–H and O–H groups in total. The van der Waals surface area contributed by atoms with Crippen molar-refractivity contribution in [2.24, 2.45) is 5.73 Å². The van der Waals surface area contributed by atoms with Crippen LogP contribution in [0.15, 0.2) is 23.1 Å². The van der Waals surface area contributed by atoms with Gasteiger partial charge in [0.1, 0.15) is 5.82 Å². The first kappa shape index (κ1) is 10.5. The van der Waals surface area contributed by atoms with Crippen LogP contribution in [0.5, 0.6) is 0 Å². The molecule has 3 heteroatoms. The highest BCUT2D eigenvalue weighted by Crippen LogP contribution is 2.28. The minimum Gasteiger partial charge on any atom is -0.324 e. The zero-order valence-electron chi connectivity index (χ0n) is 7.88. The average molecular weight is 199 g/mol. The molecule has 1 aromatic carbocycles. The number of halogens is 1. The molecule has 1 aromatic rings. The highest BCUT2D eigenvalue weighted by atomic mass is 32.2. The molecule has 0 heterocycles. The zero-order chi connectivity index (χ0) is 9.84. The van der Waals surface area contributed by atoms with Crippen molar-refractivity contribution in [3.8, 4) is 0 Å². The van der Waals surface area contributed by atoms with Crippen molar-refractivity contribution < 1.29 is 4.39 Å². The fourth-order valence-electron chi connectivity index (χ4n) is 1.24. The predicted octanol–water partition coefficient (Wildman–Crippen LogP) is 2.96. The molecule has 0 saturated heterocycles. The lowest BCUT2D eigenvalue weighted by Gasteiger charge is -2.12. The van der Waals surface area contributed by atoms with Gasteiger partial charge < -0.3 is 5.73 Å². The van der Waals surface area contributed by atoms with Crippen LogP contribution in [0.25, 0.3) is 0 Å². The van der Waals surface area contributed by atoms with E-state index >= 15 is 0 Å². The molecule has 0 aromatic heterocycles. The van der Waals surface area contributed by atoms with Crippen molar-refractivity contribution in [3.05, 3.63) is 29.6 Å². The van der Waals surface area contributed by atoms with E-state index in [2.05, 4.69) is 0 Å². The van der Waals surface area contributed by atoms with E-state index < -0.39 is 0 Å². The van der Waals surface area contributed by atoms with Crippen molar-refractivity contribution in [1.29, 1.82) is 0 Å². The Kier molecular flexibility index (Phi) is 3.75. The number of hydrogen-bond donors (Lipinski definition) is 1. The van der Waals surface area contributed by atoms with Gasteiger partial charge in [0.15, 0.2) is 0 Å². The molecule has 0 amide bonds. The molecule has 1 atom stereocenters. The third-order valence-electron chi connectivity index (χ3n) is 1.77. The summed E-state index contributed by atoms with van der Waals surface area (Å²) in [5, 5.41) is 0. The molecule has 0 fully saturated rings. The zero-order valence-corrected chi connectivity index (χ0v) is 8.70. The Morgan fingerprint density at radius 3 is 2.77 bits per heavy atom. The molecule has 0 aliphatic heterocycles. The molecule has 0 spiro atoms. The maximum Gasteiger partial charge on any atom is 0.129 e. The first-order valence-corrected chi connectivity index (χ1v) is 5.32. The molecule has 0 aliphatic rings. The summed E-state index contributed by atoms with van der Waals surface area (Å²) in [7, 11) is 0. The second-order valence-corrected chi connectivity index (χ2v) is 4.18. The van der Waals surface area contributed by atoms with E-state index in [1.807, 2.05) is 13.0 Å². The SMILES string of the molecule is CCSc1cccc(F)c1[C@@H](C)N. The summed E-state index contributed by atoms with van der Waals surface area (Å²) >= 11 is 1.62. The monoisotopic (exact) mass is 199 g/mol. The number of benzene rings is 1. The van der Waals surface area contributed by atoms with Crippen LogP contribution in [0.3, 0.4) is 0 Å². The third-order valence-corrected chi connectivity index (χ3v) is 2.72. The second kappa shape index (κ2) is 4.63. The molecule has 0 unspecified atom stereocenters. The highest BCUT2D eigenvalue weighted by molar-refractivity contribution is 7.99. The average Bonchev–Trinajstić information content (AvgIpc) is 2.04. The Morgan fingerprint density at radius 1 is 1.54 bits per heavy atom. The van der Waals surface area contributed by atoms with Gasteiger partial charge in [-0.25, -0.2) is 4.39 Å². The van der Waals surface area contributed by atoms with Crippen LogP contribution < -0.4 is 5.73 Å². The van der Waals surface area contributed by atoms with E-state index in [0.29, 0.717) is 5.56 Å². The van der Waals surface area contributed by atoms with Crippen LogP contribution in [0.4, 0.5) is 4.39 Å². The number of hydrogen-bond acceptors (Lipinski definition) is 2. The van der Waals surface area contributed by atoms with Gasteiger partial charge in [-0.3, -0.25) is 0 Å². The highest BCUT2D eigenvalue weighted by Gasteiger charge is 2.11. The Hall–Kier alpha value is -0.540. The fraction of sp³-hybridized carbons (Fsp3) is 0.400. The maximum absolute atomic E-state index is 13.3. The van der Waals surface area contributed by atoms with Gasteiger partial charge in [-0.2, -0.15) is 0 Å². The Morgan fingerprint density at radius 2 is 2.23 bits per heavy atom. The summed E-state index contributed by atoms with van der Waals surface area (Å²) in [6.07, 6.45) is 0. The van der Waals surface area contributed by atoms with Gasteiger partial charge in [-0.05, 0) is 24.8 Å². The quantitative estimate of drug-likeness (QED) is 0.757. The van der Waals surface area contributed by atoms with Crippen molar-refractivity contribution in [2.45, 2.75) is 24.8 Å². The molecule has 0 saturated carbocycles. The predicted molar refractivity (Wildman–Crippen MR) is 55.4 cm³/mol. The normalized spacial score (nSPS) is 12.9. The van der Waals surface area contributed by atoms with Gasteiger partial charge in [0.2, 0.25) is 0 Å². The maximum atomic E-state index is 13.3. The van der Waals surface area contributed by atoms with Gasteiger partial charge in [-0.15, -0.1) is 11.8 Å². The minimum atomic E-state index is -0.241. The molecule has 0 aliphatic carbocycles. The lowest BCUT2D eigenvalue weighted by Crippen LogP contribution is -2.08. The fourth-order valence-corrected chi connectivity index (χ4v) is 2.17. The van der Waals surface area contributed by atoms with Gasteiger partial charge >= 0.3 is 0 Å². The van der Waals surface area contributed by atoms with Gasteiger partial charge in [-0.1, -0.05) is 13.0 Å². The van der Waals surface area contributed by atoms with Crippen LogP contribution >= 0.6 is 11.8 Å². The molecule has 1 rings (SSSR count). The van der Waals surface area contributed by atoms with Gasteiger partial charge in [0.05, 0.1) is 0 Å². The molecule has 0 bridgehead atoms. The van der Waals surface area contributed by atoms with Crippen molar-refractivity contribution in [2.75, 3.05) is 5.75 Å². The van der Waals surface area contributed by atoms with Gasteiger partial charge in [0, 0.05) is 16.5 Å². The summed E-state index contributed by atoms with van der Waals surface area (Å²) in [5.74, 6) is 0.733. The molecular formula is C10H14FNS. The van der Waals surface area contributed by atoms with E-state index in [-0.39, 0.29) is 11.9 Å². The number of nitrogens with two attached hydrogens (primary N) is 1. The van der Waals surface area contributed by atoms with E-state index in [1.165, 1.54) is 6.07 Å². The second-order valence-electron chi connectivity index (χ2n) is 2.87. The molecular weight excluding hydrogens is 185 g/mol. The first-order chi connectivity index (χ1) is 6.16. The van der Waals surface area contributed by atoms with E-state index in [1.54, 1.807) is 24.8 Å². The summed E-state index contributed by atoms with van der Waals surface area (Å²) in [6.45, 7) is 3.85. The van der Waals surface area contributed by atoms with Crippen LogP contribution in [0.2, 0.25) is 0 Å². The summed E-state index contributed by atoms with van der Waals surface area (Å²) in [4.78, 5) is 0.956. The summed E-state index contributed by atoms with van der Waals surface area (Å²) < 4.78 is 13.3. The molecule has 13 heavy (non-hydrogen) atoms. The van der Waals surface area contributed by atoms with Crippen LogP contribution in [-0.4, -0.2) is 5.75 Å². The lowest BCUT2D eigenvalue weighted by atomic mass is 10.1. The minimum absolute atomic E-state index is 0.201. The molecule has 0 radical (unpaired) electrons. The topological polar surface area (TPSA) is 26.0 Å². The molecule has 72 valence electrons. The standard InChI is InChI=1S/C10H14FNS/c1-3-13-9-6-4-5-8(11)10(9)7(2)12/h4-7H,3,12H2,1-2H3/t7-/m1/s1. The number of rotatable bonds is 3. The summed E-state index contributed by atoms with van der Waals surface area (Å²) in [6, 6.07) is 4.85. The van der Waals surface area contributed by atoms with E-state index in [9.17, 15) is 4.39 Å². The Labute approximate surface area is 82.5 Å². The van der Waals surface area contributed by atoms with E-state index in [0.717, 1.165) is 10.6 Å². The van der Waals surface area contributed by atoms with E-state index in [4.69, 9.17) is 5.73 Å². The lowest BCUT2D eigenvalue weighted by molar-refractivity contribution is 0.585. The van der Waals surface area contributed by atoms with Gasteiger partial charge in [0.25, 0.3) is 0 Å². The van der Waals surface area contributed by atoms with Crippen molar-refractivity contribution in [1.82, 2.24) is 0 Å². The largest absolute Gasteiger partial charge is 0.324 e. The van der Waals surface area contributed by atoms with Crippen LogP contribution in [0.1, 0.15) is 25.5 Å². The Balaban J connectivity index is 3.10. The van der Waals surface area contributed by atoms with Crippen LogP contribution in [0, 0.1) is 5.82 Å². The molecule has 1 nitrogen and oxygen atoms in total. The first-order valence-electron chi connectivity index (χ1n) is 4.33. The summed E-state index contributed by atoms with van der Waals surface area (Å²) in [5.41, 5.74) is 6.33. The third kappa shape index (κ3) is 2.45. The van der Waals surface area contributed by atoms with Crippen molar-refractivity contribution >= 4 is 11.8 Å². The van der Waals surface area contributed by atoms with Crippen molar-refractivity contribution in [3.63, 3.8) is 0 Å². The smallest absolute Gasteiger partial charge is 0.129 e. The Bertz CT molecular complexity index is 286. The van der Waals surface area contributed by atoms with Crippen LogP contribution in [-0.2, 0) is 0 Å². The number of thioether (sulfide) groups is 1.